The lowest BCUT2D eigenvalue weighted by Gasteiger charge is -2.13. The van der Waals surface area contributed by atoms with Crippen molar-refractivity contribution in [3.63, 3.8) is 0 Å². The van der Waals surface area contributed by atoms with Gasteiger partial charge in [0, 0.05) is 21.9 Å². The third-order valence-corrected chi connectivity index (χ3v) is 4.08. The first-order chi connectivity index (χ1) is 9.95. The average molecular weight is 311 g/mol. The van der Waals surface area contributed by atoms with Crippen LogP contribution < -0.4 is 5.73 Å². The molecule has 0 aromatic heterocycles. The van der Waals surface area contributed by atoms with Crippen LogP contribution in [0.15, 0.2) is 52.3 Å². The van der Waals surface area contributed by atoms with Crippen LogP contribution in [0.25, 0.3) is 0 Å². The molecule has 0 saturated carbocycles. The predicted molar refractivity (Wildman–Crippen MR) is 75.3 cm³/mol. The molecular formula is C15H12F3NOS. The Kier molecular flexibility index (Phi) is 4.69. The van der Waals surface area contributed by atoms with Crippen LogP contribution in [0.3, 0.4) is 0 Å². The summed E-state index contributed by atoms with van der Waals surface area (Å²) < 4.78 is 38.1. The van der Waals surface area contributed by atoms with E-state index in [1.807, 2.05) is 0 Å². The number of benzene rings is 2. The summed E-state index contributed by atoms with van der Waals surface area (Å²) in [5.74, 6) is 0. The van der Waals surface area contributed by atoms with Crippen molar-refractivity contribution in [3.8, 4) is 0 Å². The van der Waals surface area contributed by atoms with Gasteiger partial charge in [0.05, 0.1) is 5.56 Å². The second-order valence-electron chi connectivity index (χ2n) is 4.28. The van der Waals surface area contributed by atoms with Gasteiger partial charge in [0.2, 0.25) is 0 Å². The Balaban J connectivity index is 2.38. The van der Waals surface area contributed by atoms with Crippen molar-refractivity contribution in [3.05, 3.63) is 59.2 Å². The normalized spacial score (nSPS) is 11.4. The number of halogens is 3. The molecule has 0 saturated heterocycles. The first kappa shape index (κ1) is 15.6. The average Bonchev–Trinajstić information content (AvgIpc) is 2.47. The molecule has 2 N–H and O–H groups in total. The van der Waals surface area contributed by atoms with E-state index in [-0.39, 0.29) is 6.54 Å². The minimum Gasteiger partial charge on any atom is -0.326 e. The summed E-state index contributed by atoms with van der Waals surface area (Å²) in [6, 6.07) is 10.3. The van der Waals surface area contributed by atoms with E-state index in [0.29, 0.717) is 27.2 Å². The molecule has 0 aliphatic rings. The highest BCUT2D eigenvalue weighted by atomic mass is 32.2. The van der Waals surface area contributed by atoms with Crippen LogP contribution in [-0.4, -0.2) is 6.29 Å². The van der Waals surface area contributed by atoms with Gasteiger partial charge in [0.25, 0.3) is 0 Å². The summed E-state index contributed by atoms with van der Waals surface area (Å²) in [4.78, 5) is 12.3. The lowest BCUT2D eigenvalue weighted by atomic mass is 10.1. The molecule has 0 fully saturated rings. The van der Waals surface area contributed by atoms with Crippen molar-refractivity contribution in [2.75, 3.05) is 0 Å². The Bertz CT molecular complexity index is 656. The Morgan fingerprint density at radius 2 is 1.81 bits per heavy atom. The zero-order valence-corrected chi connectivity index (χ0v) is 11.7. The summed E-state index contributed by atoms with van der Waals surface area (Å²) in [7, 11) is 0. The highest BCUT2D eigenvalue weighted by Gasteiger charge is 2.30. The van der Waals surface area contributed by atoms with E-state index in [0.717, 1.165) is 12.1 Å². The monoisotopic (exact) mass is 311 g/mol. The second kappa shape index (κ2) is 6.32. The maximum absolute atomic E-state index is 12.7. The van der Waals surface area contributed by atoms with Crippen molar-refractivity contribution in [1.29, 1.82) is 0 Å². The minimum absolute atomic E-state index is 0.00445. The minimum atomic E-state index is -4.40. The maximum atomic E-state index is 12.7. The van der Waals surface area contributed by atoms with Gasteiger partial charge in [-0.1, -0.05) is 30.0 Å². The molecule has 0 aliphatic heterocycles. The molecule has 2 rings (SSSR count). The van der Waals surface area contributed by atoms with E-state index in [1.54, 1.807) is 24.3 Å². The highest BCUT2D eigenvalue weighted by molar-refractivity contribution is 7.99. The summed E-state index contributed by atoms with van der Waals surface area (Å²) in [6.07, 6.45) is -3.68. The van der Waals surface area contributed by atoms with E-state index in [4.69, 9.17) is 5.73 Å². The Labute approximate surface area is 124 Å². The van der Waals surface area contributed by atoms with Crippen molar-refractivity contribution in [1.82, 2.24) is 0 Å². The number of rotatable bonds is 4. The number of nitrogens with two attached hydrogens (primary N) is 1. The Morgan fingerprint density at radius 3 is 2.43 bits per heavy atom. The smallest absolute Gasteiger partial charge is 0.326 e. The summed E-state index contributed by atoms with van der Waals surface area (Å²) in [5, 5.41) is 0. The van der Waals surface area contributed by atoms with Gasteiger partial charge < -0.3 is 5.73 Å². The van der Waals surface area contributed by atoms with Crippen LogP contribution >= 0.6 is 11.8 Å². The molecule has 2 aromatic rings. The molecule has 2 nitrogen and oxygen atoms in total. The first-order valence-corrected chi connectivity index (χ1v) is 6.89. The van der Waals surface area contributed by atoms with Crippen LogP contribution in [-0.2, 0) is 12.7 Å². The van der Waals surface area contributed by atoms with Crippen molar-refractivity contribution >= 4 is 18.0 Å². The highest BCUT2D eigenvalue weighted by Crippen LogP contribution is 2.36. The fourth-order valence-electron chi connectivity index (χ4n) is 1.80. The van der Waals surface area contributed by atoms with Gasteiger partial charge in [0.1, 0.15) is 0 Å². The van der Waals surface area contributed by atoms with Gasteiger partial charge in [-0.25, -0.2) is 0 Å². The molecule has 0 heterocycles. The lowest BCUT2D eigenvalue weighted by Crippen LogP contribution is -2.07. The largest absolute Gasteiger partial charge is 0.416 e. The Morgan fingerprint density at radius 1 is 1.10 bits per heavy atom. The number of hydrogen-bond acceptors (Lipinski definition) is 3. The number of alkyl halides is 3. The molecule has 6 heteroatoms. The van der Waals surface area contributed by atoms with Crippen LogP contribution in [0.4, 0.5) is 13.2 Å². The number of aldehydes is 1. The number of carbonyl (C=O) groups excluding carboxylic acids is 1. The van der Waals surface area contributed by atoms with Gasteiger partial charge in [-0.05, 0) is 29.8 Å². The molecular weight excluding hydrogens is 299 g/mol. The molecule has 0 aliphatic carbocycles. The first-order valence-electron chi connectivity index (χ1n) is 6.08. The van der Waals surface area contributed by atoms with Gasteiger partial charge in [-0.2, -0.15) is 13.2 Å². The zero-order valence-electron chi connectivity index (χ0n) is 10.9. The van der Waals surface area contributed by atoms with E-state index in [9.17, 15) is 18.0 Å². The van der Waals surface area contributed by atoms with Crippen molar-refractivity contribution in [2.45, 2.75) is 22.5 Å². The second-order valence-corrected chi connectivity index (χ2v) is 5.37. The number of hydrogen-bond donors (Lipinski definition) is 1. The van der Waals surface area contributed by atoms with Gasteiger partial charge >= 0.3 is 6.18 Å². The molecule has 21 heavy (non-hydrogen) atoms. The van der Waals surface area contributed by atoms with E-state index >= 15 is 0 Å². The third kappa shape index (κ3) is 3.65. The fourth-order valence-corrected chi connectivity index (χ4v) is 2.83. The summed E-state index contributed by atoms with van der Waals surface area (Å²) in [6.45, 7) is -0.00445. The maximum Gasteiger partial charge on any atom is 0.416 e. The predicted octanol–water partition coefficient (Wildman–Crippen LogP) is 4.13. The third-order valence-electron chi connectivity index (χ3n) is 2.87. The standard InChI is InChI=1S/C15H12F3NOS/c16-15(17,18)12-5-6-14(11(7-12)8-19)21-13-4-2-1-3-10(13)9-20/h1-7,9H,8,19H2. The molecule has 0 unspecified atom stereocenters. The van der Waals surface area contributed by atoms with E-state index in [1.165, 1.54) is 17.8 Å². The zero-order chi connectivity index (χ0) is 15.5. The summed E-state index contributed by atoms with van der Waals surface area (Å²) >= 11 is 1.23. The molecule has 0 spiro atoms. The van der Waals surface area contributed by atoms with E-state index in [2.05, 4.69) is 0 Å². The van der Waals surface area contributed by atoms with Crippen LogP contribution in [0.1, 0.15) is 21.5 Å². The molecule has 0 atom stereocenters. The van der Waals surface area contributed by atoms with Gasteiger partial charge in [-0.15, -0.1) is 0 Å². The molecule has 110 valence electrons. The van der Waals surface area contributed by atoms with Crippen LogP contribution in [0, 0.1) is 0 Å². The van der Waals surface area contributed by atoms with Crippen molar-refractivity contribution in [2.24, 2.45) is 5.73 Å². The lowest BCUT2D eigenvalue weighted by molar-refractivity contribution is -0.137. The topological polar surface area (TPSA) is 43.1 Å². The molecule has 0 amide bonds. The molecule has 0 radical (unpaired) electrons. The summed E-state index contributed by atoms with van der Waals surface area (Å²) in [5.41, 5.74) is 5.70. The SMILES string of the molecule is NCc1cc(C(F)(F)F)ccc1Sc1ccccc1C=O. The molecule has 2 aromatic carbocycles. The fraction of sp³-hybridized carbons (Fsp3) is 0.133. The number of carbonyl (C=O) groups is 1. The van der Waals surface area contributed by atoms with Crippen molar-refractivity contribution < 1.29 is 18.0 Å². The molecule has 0 bridgehead atoms. The van der Waals surface area contributed by atoms with Gasteiger partial charge in [-0.3, -0.25) is 4.79 Å². The Hall–Kier alpha value is -1.79. The van der Waals surface area contributed by atoms with E-state index < -0.39 is 11.7 Å². The van der Waals surface area contributed by atoms with Crippen LogP contribution in [0.5, 0.6) is 0 Å². The van der Waals surface area contributed by atoms with Crippen LogP contribution in [0.2, 0.25) is 0 Å². The van der Waals surface area contributed by atoms with Gasteiger partial charge in [0.15, 0.2) is 6.29 Å². The quantitative estimate of drug-likeness (QED) is 0.863.